The SMILES string of the molecule is O=S1(=O)CCC(S(=O)(=O)NC2(CO)CCC2)C1. The van der Waals surface area contributed by atoms with Crippen molar-refractivity contribution in [2.75, 3.05) is 18.1 Å². The monoisotopic (exact) mass is 283 g/mol. The van der Waals surface area contributed by atoms with Gasteiger partial charge in [-0.25, -0.2) is 21.6 Å². The molecule has 1 heterocycles. The van der Waals surface area contributed by atoms with Crippen LogP contribution < -0.4 is 4.72 Å². The lowest BCUT2D eigenvalue weighted by atomic mass is 9.78. The fourth-order valence-corrected chi connectivity index (χ4v) is 6.79. The second-order valence-electron chi connectivity index (χ2n) is 4.96. The molecule has 0 spiro atoms. The van der Waals surface area contributed by atoms with E-state index in [4.69, 9.17) is 0 Å². The summed E-state index contributed by atoms with van der Waals surface area (Å²) in [6, 6.07) is 0. The predicted octanol–water partition coefficient (Wildman–Crippen LogP) is -0.992. The first-order valence-electron chi connectivity index (χ1n) is 5.63. The van der Waals surface area contributed by atoms with Crippen molar-refractivity contribution in [1.29, 1.82) is 0 Å². The van der Waals surface area contributed by atoms with Crippen LogP contribution in [0.1, 0.15) is 25.7 Å². The molecular formula is C9H17NO5S2. The van der Waals surface area contributed by atoms with Crippen LogP contribution in [0, 0.1) is 0 Å². The Hall–Kier alpha value is -0.180. The van der Waals surface area contributed by atoms with Gasteiger partial charge in [0.05, 0.1) is 28.9 Å². The van der Waals surface area contributed by atoms with Crippen LogP contribution in [0.25, 0.3) is 0 Å². The molecule has 0 bridgehead atoms. The summed E-state index contributed by atoms with van der Waals surface area (Å²) >= 11 is 0. The van der Waals surface area contributed by atoms with Crippen LogP contribution in [-0.4, -0.2) is 50.8 Å². The molecule has 1 atom stereocenters. The lowest BCUT2D eigenvalue weighted by molar-refractivity contribution is 0.110. The smallest absolute Gasteiger partial charge is 0.216 e. The van der Waals surface area contributed by atoms with Gasteiger partial charge in [0.15, 0.2) is 9.84 Å². The Balaban J connectivity index is 2.10. The highest BCUT2D eigenvalue weighted by Gasteiger charge is 2.44. The van der Waals surface area contributed by atoms with E-state index in [0.29, 0.717) is 12.8 Å². The summed E-state index contributed by atoms with van der Waals surface area (Å²) in [5, 5.41) is 8.34. The van der Waals surface area contributed by atoms with E-state index in [9.17, 15) is 21.9 Å². The topological polar surface area (TPSA) is 101 Å². The van der Waals surface area contributed by atoms with E-state index in [1.165, 1.54) is 0 Å². The number of rotatable bonds is 4. The molecule has 1 saturated heterocycles. The molecular weight excluding hydrogens is 266 g/mol. The van der Waals surface area contributed by atoms with Gasteiger partial charge in [-0.1, -0.05) is 0 Å². The molecule has 0 radical (unpaired) electrons. The summed E-state index contributed by atoms with van der Waals surface area (Å²) < 4.78 is 49.0. The van der Waals surface area contributed by atoms with Crippen LogP contribution in [0.2, 0.25) is 0 Å². The molecule has 2 aliphatic rings. The maximum Gasteiger partial charge on any atom is 0.216 e. The van der Waals surface area contributed by atoms with Crippen molar-refractivity contribution in [3.05, 3.63) is 0 Å². The standard InChI is InChI=1S/C9H17NO5S2/c11-7-9(3-1-4-9)10-17(14,15)8-2-5-16(12,13)6-8/h8,10-11H,1-7H2. The van der Waals surface area contributed by atoms with Gasteiger partial charge in [0, 0.05) is 0 Å². The van der Waals surface area contributed by atoms with Gasteiger partial charge in [-0.3, -0.25) is 0 Å². The number of hydrogen-bond acceptors (Lipinski definition) is 5. The second kappa shape index (κ2) is 4.18. The number of aliphatic hydroxyl groups excluding tert-OH is 1. The molecule has 0 aromatic rings. The third-order valence-electron chi connectivity index (χ3n) is 3.60. The summed E-state index contributed by atoms with van der Waals surface area (Å²) in [5.74, 6) is -0.367. The van der Waals surface area contributed by atoms with Gasteiger partial charge in [-0.15, -0.1) is 0 Å². The molecule has 100 valence electrons. The average molecular weight is 283 g/mol. The largest absolute Gasteiger partial charge is 0.394 e. The van der Waals surface area contributed by atoms with Crippen molar-refractivity contribution < 1.29 is 21.9 Å². The summed E-state index contributed by atoms with van der Waals surface area (Å²) in [5.41, 5.74) is -0.745. The van der Waals surface area contributed by atoms with Crippen molar-refractivity contribution in [3.63, 3.8) is 0 Å². The summed E-state index contributed by atoms with van der Waals surface area (Å²) in [7, 11) is -6.86. The molecule has 1 aliphatic carbocycles. The highest BCUT2D eigenvalue weighted by Crippen LogP contribution is 2.33. The van der Waals surface area contributed by atoms with E-state index in [-0.39, 0.29) is 24.5 Å². The van der Waals surface area contributed by atoms with Crippen LogP contribution in [0.4, 0.5) is 0 Å². The average Bonchev–Trinajstić information content (AvgIpc) is 2.53. The van der Waals surface area contributed by atoms with E-state index >= 15 is 0 Å². The number of nitrogens with one attached hydrogen (secondary N) is 1. The van der Waals surface area contributed by atoms with Crippen molar-refractivity contribution in [2.24, 2.45) is 0 Å². The van der Waals surface area contributed by atoms with Crippen LogP contribution in [-0.2, 0) is 19.9 Å². The summed E-state index contributed by atoms with van der Waals surface area (Å²) in [4.78, 5) is 0. The predicted molar refractivity (Wildman–Crippen MR) is 62.8 cm³/mol. The van der Waals surface area contributed by atoms with Crippen LogP contribution in [0.5, 0.6) is 0 Å². The molecule has 1 aliphatic heterocycles. The van der Waals surface area contributed by atoms with Gasteiger partial charge in [-0.2, -0.15) is 0 Å². The van der Waals surface area contributed by atoms with Gasteiger partial charge in [0.2, 0.25) is 10.0 Å². The van der Waals surface area contributed by atoms with Crippen molar-refractivity contribution in [2.45, 2.75) is 36.5 Å². The van der Waals surface area contributed by atoms with Crippen LogP contribution >= 0.6 is 0 Å². The first-order chi connectivity index (χ1) is 7.79. The number of sulfone groups is 1. The molecule has 2 fully saturated rings. The zero-order valence-electron chi connectivity index (χ0n) is 9.42. The number of sulfonamides is 1. The van der Waals surface area contributed by atoms with E-state index < -0.39 is 30.6 Å². The summed E-state index contributed by atoms with van der Waals surface area (Å²) in [6.07, 6.45) is 2.26. The number of hydrogen-bond donors (Lipinski definition) is 2. The van der Waals surface area contributed by atoms with Gasteiger partial charge in [0.1, 0.15) is 0 Å². The maximum atomic E-state index is 12.0. The molecule has 1 unspecified atom stereocenters. The van der Waals surface area contributed by atoms with E-state index in [1.54, 1.807) is 0 Å². The van der Waals surface area contributed by atoms with Crippen LogP contribution in [0.15, 0.2) is 0 Å². The zero-order chi connectivity index (χ0) is 12.7. The molecule has 0 amide bonds. The Bertz CT molecular complexity index is 486. The molecule has 8 heteroatoms. The first kappa shape index (κ1) is 13.3. The summed E-state index contributed by atoms with van der Waals surface area (Å²) in [6.45, 7) is -0.230. The van der Waals surface area contributed by atoms with Crippen molar-refractivity contribution in [1.82, 2.24) is 4.72 Å². The fourth-order valence-electron chi connectivity index (χ4n) is 2.29. The quantitative estimate of drug-likeness (QED) is 0.690. The fraction of sp³-hybridized carbons (Fsp3) is 1.00. The normalized spacial score (nSPS) is 31.0. The Morgan fingerprint density at radius 1 is 1.35 bits per heavy atom. The van der Waals surface area contributed by atoms with E-state index in [0.717, 1.165) is 6.42 Å². The molecule has 2 rings (SSSR count). The molecule has 6 nitrogen and oxygen atoms in total. The molecule has 1 saturated carbocycles. The molecule has 0 aromatic carbocycles. The van der Waals surface area contributed by atoms with Gasteiger partial charge >= 0.3 is 0 Å². The van der Waals surface area contributed by atoms with Crippen molar-refractivity contribution >= 4 is 19.9 Å². The maximum absolute atomic E-state index is 12.0. The minimum absolute atomic E-state index is 0.0648. The van der Waals surface area contributed by atoms with Gasteiger partial charge in [0.25, 0.3) is 0 Å². The Kier molecular flexibility index (Phi) is 3.26. The zero-order valence-corrected chi connectivity index (χ0v) is 11.1. The first-order valence-corrected chi connectivity index (χ1v) is 8.99. The Labute approximate surface area is 101 Å². The second-order valence-corrected chi connectivity index (χ2v) is 9.15. The van der Waals surface area contributed by atoms with E-state index in [1.807, 2.05) is 0 Å². The molecule has 17 heavy (non-hydrogen) atoms. The van der Waals surface area contributed by atoms with Gasteiger partial charge < -0.3 is 5.11 Å². The van der Waals surface area contributed by atoms with E-state index in [2.05, 4.69) is 4.72 Å². The highest BCUT2D eigenvalue weighted by atomic mass is 32.2. The molecule has 0 aromatic heterocycles. The van der Waals surface area contributed by atoms with Crippen LogP contribution in [0.3, 0.4) is 0 Å². The Morgan fingerprint density at radius 3 is 2.35 bits per heavy atom. The minimum atomic E-state index is -3.65. The van der Waals surface area contributed by atoms with Crippen molar-refractivity contribution in [3.8, 4) is 0 Å². The van der Waals surface area contributed by atoms with Gasteiger partial charge in [-0.05, 0) is 25.7 Å². The third-order valence-corrected chi connectivity index (χ3v) is 7.58. The minimum Gasteiger partial charge on any atom is -0.394 e. The lowest BCUT2D eigenvalue weighted by Gasteiger charge is -2.41. The lowest BCUT2D eigenvalue weighted by Crippen LogP contribution is -2.58. The number of aliphatic hydroxyl groups is 1. The molecule has 2 N–H and O–H groups in total. The third kappa shape index (κ3) is 2.64. The Morgan fingerprint density at radius 2 is 2.00 bits per heavy atom. The highest BCUT2D eigenvalue weighted by molar-refractivity contribution is 7.95.